The Hall–Kier alpha value is -2.63. The van der Waals surface area contributed by atoms with E-state index in [1.165, 1.54) is 5.57 Å². The first-order valence-corrected chi connectivity index (χ1v) is 6.46. The van der Waals surface area contributed by atoms with Gasteiger partial charge in [-0.15, -0.1) is 0 Å². The number of aromatic nitrogens is 4. The number of nitrogens with zero attached hydrogens (tertiary/aromatic N) is 4. The van der Waals surface area contributed by atoms with Crippen LogP contribution in [0.2, 0.25) is 0 Å². The molecule has 0 fully saturated rings. The molecule has 2 heterocycles. The zero-order chi connectivity index (χ0) is 13.9. The number of hydrogen-bond donors (Lipinski definition) is 2. The topological polar surface area (TPSA) is 81.6 Å². The van der Waals surface area contributed by atoms with Crippen molar-refractivity contribution in [2.45, 2.75) is 13.0 Å². The Kier molecular flexibility index (Phi) is 3.20. The van der Waals surface area contributed by atoms with Crippen molar-refractivity contribution in [3.8, 4) is 0 Å². The summed E-state index contributed by atoms with van der Waals surface area (Å²) >= 11 is 0. The minimum Gasteiger partial charge on any atom is -0.382 e. The van der Waals surface area contributed by atoms with Gasteiger partial charge in [0, 0.05) is 7.05 Å². The Morgan fingerprint density at radius 2 is 2.25 bits per heavy atom. The van der Waals surface area contributed by atoms with Crippen LogP contribution in [0.5, 0.6) is 0 Å². The van der Waals surface area contributed by atoms with E-state index in [4.69, 9.17) is 5.73 Å². The first-order chi connectivity index (χ1) is 9.78. The number of rotatable bonds is 3. The zero-order valence-corrected chi connectivity index (χ0v) is 11.2. The maximum Gasteiger partial charge on any atom is 0.226 e. The fraction of sp³-hybridized carbons (Fsp3) is 0.214. The Morgan fingerprint density at radius 1 is 1.35 bits per heavy atom. The van der Waals surface area contributed by atoms with E-state index in [1.807, 2.05) is 10.6 Å². The molecule has 0 saturated carbocycles. The van der Waals surface area contributed by atoms with E-state index < -0.39 is 0 Å². The van der Waals surface area contributed by atoms with Crippen molar-refractivity contribution < 1.29 is 0 Å². The smallest absolute Gasteiger partial charge is 0.226 e. The van der Waals surface area contributed by atoms with Crippen LogP contribution < -0.4 is 11.1 Å². The number of imidazole rings is 1. The van der Waals surface area contributed by atoms with Crippen LogP contribution >= 0.6 is 0 Å². The van der Waals surface area contributed by atoms with Gasteiger partial charge in [0.15, 0.2) is 11.5 Å². The minimum atomic E-state index is 0.394. The summed E-state index contributed by atoms with van der Waals surface area (Å²) < 4.78 is 1.98. The van der Waals surface area contributed by atoms with E-state index in [2.05, 4.69) is 44.6 Å². The van der Waals surface area contributed by atoms with Crippen LogP contribution in [-0.4, -0.2) is 26.6 Å². The van der Waals surface area contributed by atoms with E-state index in [-0.39, 0.29) is 0 Å². The second-order valence-corrected chi connectivity index (χ2v) is 4.53. The van der Waals surface area contributed by atoms with Crippen molar-refractivity contribution >= 4 is 22.9 Å². The second-order valence-electron chi connectivity index (χ2n) is 4.53. The van der Waals surface area contributed by atoms with Gasteiger partial charge in [-0.2, -0.15) is 9.97 Å². The number of nitrogens with two attached hydrogens (primary N) is 1. The number of hydrogen-bond acceptors (Lipinski definition) is 5. The highest BCUT2D eigenvalue weighted by Gasteiger charge is 2.11. The van der Waals surface area contributed by atoms with Gasteiger partial charge >= 0.3 is 0 Å². The molecule has 1 aliphatic carbocycles. The molecule has 1 aliphatic rings. The summed E-state index contributed by atoms with van der Waals surface area (Å²) in [6, 6.07) is 0. The molecule has 6 nitrogen and oxygen atoms in total. The molecule has 3 N–H and O–H groups in total. The SMILES string of the molecule is CNc1nc(N)c2ncn(CC3=CCC=CC=C3)c2n1. The number of anilines is 2. The molecular weight excluding hydrogens is 252 g/mol. The van der Waals surface area contributed by atoms with Crippen LogP contribution in [0.1, 0.15) is 6.42 Å². The standard InChI is InChI=1S/C14H16N6/c1-16-14-18-12(15)11-13(19-14)20(9-17-11)8-10-6-4-2-3-5-7-10/h2-4,6-7,9H,5,8H2,1H3,(H3,15,16,18,19). The summed E-state index contributed by atoms with van der Waals surface area (Å²) in [5, 5.41) is 2.91. The van der Waals surface area contributed by atoms with E-state index in [0.717, 1.165) is 12.1 Å². The fourth-order valence-electron chi connectivity index (χ4n) is 2.13. The van der Waals surface area contributed by atoms with Gasteiger partial charge < -0.3 is 15.6 Å². The van der Waals surface area contributed by atoms with Crippen molar-refractivity contribution in [3.63, 3.8) is 0 Å². The Bertz CT molecular complexity index is 723. The van der Waals surface area contributed by atoms with Gasteiger partial charge in [0.05, 0.1) is 12.9 Å². The Balaban J connectivity index is 1.99. The lowest BCUT2D eigenvalue weighted by molar-refractivity contribution is 0.810. The van der Waals surface area contributed by atoms with E-state index in [0.29, 0.717) is 23.8 Å². The van der Waals surface area contributed by atoms with Crippen LogP contribution in [0.25, 0.3) is 11.2 Å². The van der Waals surface area contributed by atoms with E-state index in [9.17, 15) is 0 Å². The highest BCUT2D eigenvalue weighted by molar-refractivity contribution is 5.82. The monoisotopic (exact) mass is 268 g/mol. The predicted molar refractivity (Wildman–Crippen MR) is 80.3 cm³/mol. The third-order valence-corrected chi connectivity index (χ3v) is 3.14. The predicted octanol–water partition coefficient (Wildman–Crippen LogP) is 1.89. The third-order valence-electron chi connectivity index (χ3n) is 3.14. The molecule has 0 radical (unpaired) electrons. The van der Waals surface area contributed by atoms with Crippen molar-refractivity contribution in [3.05, 3.63) is 42.3 Å². The van der Waals surface area contributed by atoms with E-state index >= 15 is 0 Å². The van der Waals surface area contributed by atoms with Crippen molar-refractivity contribution in [1.29, 1.82) is 0 Å². The summed E-state index contributed by atoms with van der Waals surface area (Å²) in [4.78, 5) is 12.9. The zero-order valence-electron chi connectivity index (χ0n) is 11.2. The van der Waals surface area contributed by atoms with Crippen LogP contribution in [-0.2, 0) is 6.54 Å². The summed E-state index contributed by atoms with van der Waals surface area (Å²) in [6.45, 7) is 0.717. The Morgan fingerprint density at radius 3 is 3.10 bits per heavy atom. The highest BCUT2D eigenvalue weighted by Crippen LogP contribution is 2.19. The summed E-state index contributed by atoms with van der Waals surface area (Å²) in [6.07, 6.45) is 13.2. The molecule has 2 aromatic heterocycles. The lowest BCUT2D eigenvalue weighted by atomic mass is 10.2. The van der Waals surface area contributed by atoms with Gasteiger partial charge in [-0.25, -0.2) is 4.98 Å². The van der Waals surface area contributed by atoms with Crippen LogP contribution in [0.15, 0.2) is 42.3 Å². The quantitative estimate of drug-likeness (QED) is 0.888. The molecule has 0 bridgehead atoms. The largest absolute Gasteiger partial charge is 0.382 e. The summed E-state index contributed by atoms with van der Waals surface area (Å²) in [5.74, 6) is 0.897. The second kappa shape index (κ2) is 5.16. The first kappa shape index (κ1) is 12.4. The van der Waals surface area contributed by atoms with Gasteiger partial charge in [-0.1, -0.05) is 30.4 Å². The van der Waals surface area contributed by atoms with Crippen molar-refractivity contribution in [2.75, 3.05) is 18.1 Å². The van der Waals surface area contributed by atoms with E-state index in [1.54, 1.807) is 13.4 Å². The lowest BCUT2D eigenvalue weighted by Gasteiger charge is -2.06. The van der Waals surface area contributed by atoms with Crippen LogP contribution in [0.4, 0.5) is 11.8 Å². The molecule has 102 valence electrons. The Labute approximate surface area is 116 Å². The molecule has 0 saturated heterocycles. The first-order valence-electron chi connectivity index (χ1n) is 6.46. The van der Waals surface area contributed by atoms with Crippen molar-refractivity contribution in [1.82, 2.24) is 19.5 Å². The molecule has 20 heavy (non-hydrogen) atoms. The third kappa shape index (κ3) is 2.27. The molecule has 0 aliphatic heterocycles. The number of nitrogens with one attached hydrogen (secondary N) is 1. The van der Waals surface area contributed by atoms with Gasteiger partial charge in [0.1, 0.15) is 5.52 Å². The average Bonchev–Trinajstić information content (AvgIpc) is 2.68. The molecule has 0 spiro atoms. The average molecular weight is 268 g/mol. The molecule has 6 heteroatoms. The summed E-state index contributed by atoms with van der Waals surface area (Å²) in [5.41, 5.74) is 8.50. The molecule has 0 unspecified atom stereocenters. The molecule has 0 amide bonds. The number of fused-ring (bicyclic) bond motifs is 1. The van der Waals surface area contributed by atoms with Gasteiger partial charge in [0.25, 0.3) is 0 Å². The number of allylic oxidation sites excluding steroid dienone is 6. The highest BCUT2D eigenvalue weighted by atomic mass is 15.2. The molecular formula is C14H16N6. The van der Waals surface area contributed by atoms with Crippen molar-refractivity contribution in [2.24, 2.45) is 0 Å². The van der Waals surface area contributed by atoms with Crippen LogP contribution in [0.3, 0.4) is 0 Å². The normalized spacial score (nSPS) is 14.3. The van der Waals surface area contributed by atoms with Gasteiger partial charge in [0.2, 0.25) is 5.95 Å². The van der Waals surface area contributed by atoms with Crippen LogP contribution in [0, 0.1) is 0 Å². The fourth-order valence-corrected chi connectivity index (χ4v) is 2.13. The molecule has 0 atom stereocenters. The number of nitrogen functional groups attached to an aromatic ring is 1. The maximum absolute atomic E-state index is 5.90. The van der Waals surface area contributed by atoms with Gasteiger partial charge in [-0.3, -0.25) is 0 Å². The lowest BCUT2D eigenvalue weighted by Crippen LogP contribution is -2.04. The maximum atomic E-state index is 5.90. The minimum absolute atomic E-state index is 0.394. The molecule has 2 aromatic rings. The summed E-state index contributed by atoms with van der Waals surface area (Å²) in [7, 11) is 1.77. The van der Waals surface area contributed by atoms with Gasteiger partial charge in [-0.05, 0) is 12.0 Å². The molecule has 0 aromatic carbocycles. The molecule has 3 rings (SSSR count).